The molecule has 0 bridgehead atoms. The van der Waals surface area contributed by atoms with Crippen molar-refractivity contribution in [2.75, 3.05) is 25.9 Å². The third-order valence-corrected chi connectivity index (χ3v) is 9.29. The molecule has 1 fully saturated rings. The quantitative estimate of drug-likeness (QED) is 0.264. The van der Waals surface area contributed by atoms with Gasteiger partial charge in [-0.3, -0.25) is 9.59 Å². The molecule has 2 aliphatic rings. The second-order valence-electron chi connectivity index (χ2n) is 11.0. The Morgan fingerprint density at radius 1 is 1.10 bits per heavy atom. The van der Waals surface area contributed by atoms with Crippen LogP contribution in [0.3, 0.4) is 0 Å². The number of thiophene rings is 1. The van der Waals surface area contributed by atoms with Crippen LogP contribution in [-0.4, -0.2) is 48.9 Å². The van der Waals surface area contributed by atoms with Crippen molar-refractivity contribution in [3.05, 3.63) is 87.8 Å². The van der Waals surface area contributed by atoms with Gasteiger partial charge in [0.1, 0.15) is 23.2 Å². The first-order valence-corrected chi connectivity index (χ1v) is 14.3. The van der Waals surface area contributed by atoms with Crippen molar-refractivity contribution in [2.45, 2.75) is 37.1 Å². The third-order valence-electron chi connectivity index (χ3n) is 8.04. The van der Waals surface area contributed by atoms with Gasteiger partial charge in [0.25, 0.3) is 5.91 Å². The zero-order valence-corrected chi connectivity index (χ0v) is 23.6. The minimum Gasteiger partial charge on any atom is -0.457 e. The van der Waals surface area contributed by atoms with Gasteiger partial charge in [-0.1, -0.05) is 30.3 Å². The lowest BCUT2D eigenvalue weighted by atomic mass is 9.69. The number of amides is 1. The fraction of sp³-hybridized carbons (Fsp3) is 0.290. The lowest BCUT2D eigenvalue weighted by Crippen LogP contribution is -2.53. The highest BCUT2D eigenvalue weighted by Crippen LogP contribution is 2.50. The number of nitrogens with zero attached hydrogens (tertiary/aromatic N) is 1. The molecule has 0 saturated carbocycles. The molecular formula is C31H32FN5O3S. The van der Waals surface area contributed by atoms with Gasteiger partial charge >= 0.3 is 0 Å². The molecule has 2 heterocycles. The molecule has 3 aromatic carbocycles. The highest BCUT2D eigenvalue weighted by Gasteiger charge is 2.49. The average Bonchev–Trinajstić information content (AvgIpc) is 3.33. The number of carbonyl (C=O) groups is 2. The lowest BCUT2D eigenvalue weighted by molar-refractivity contribution is -0.124. The summed E-state index contributed by atoms with van der Waals surface area (Å²) in [7, 11) is 1.82. The van der Waals surface area contributed by atoms with E-state index in [-0.39, 0.29) is 12.5 Å². The molecule has 1 aliphatic carbocycles. The van der Waals surface area contributed by atoms with Crippen molar-refractivity contribution < 1.29 is 18.7 Å². The number of ketones is 1. The number of piperidine rings is 1. The molecule has 7 N–H and O–H groups in total. The number of likely N-dealkylation sites (N-methyl/N-ethyl adjacent to an activating group) is 1. The van der Waals surface area contributed by atoms with Gasteiger partial charge in [-0.25, -0.2) is 4.39 Å². The Hall–Kier alpha value is -3.83. The van der Waals surface area contributed by atoms with Crippen LogP contribution in [0.1, 0.15) is 44.4 Å². The molecule has 1 aliphatic heterocycles. The van der Waals surface area contributed by atoms with Crippen LogP contribution in [0.4, 0.5) is 10.1 Å². The maximum Gasteiger partial charge on any atom is 0.262 e. The Balaban J connectivity index is 1.42. The molecule has 1 saturated heterocycles. The molecule has 1 amide bonds. The monoisotopic (exact) mass is 573 g/mol. The summed E-state index contributed by atoms with van der Waals surface area (Å²) < 4.78 is 20.8. The number of rotatable bonds is 5. The topological polar surface area (TPSA) is 137 Å². The molecule has 8 nitrogen and oxygen atoms in total. The number of halogens is 1. The summed E-state index contributed by atoms with van der Waals surface area (Å²) in [6, 6.07) is 16.7. The number of nitrogen functional groups attached to an aromatic ring is 1. The number of carbonyl (C=O) groups excluding carboxylic acids is 2. The molecule has 4 aromatic rings. The second kappa shape index (κ2) is 10.2. The van der Waals surface area contributed by atoms with E-state index in [1.54, 1.807) is 24.3 Å². The van der Waals surface area contributed by atoms with Crippen molar-refractivity contribution in [2.24, 2.45) is 11.5 Å². The normalized spacial score (nSPS) is 24.4. The van der Waals surface area contributed by atoms with E-state index in [4.69, 9.17) is 21.9 Å². The van der Waals surface area contributed by atoms with Crippen LogP contribution >= 0.6 is 11.3 Å². The zero-order chi connectivity index (χ0) is 29.1. The van der Waals surface area contributed by atoms with E-state index in [0.717, 1.165) is 5.56 Å². The van der Waals surface area contributed by atoms with Gasteiger partial charge in [0, 0.05) is 42.2 Å². The Morgan fingerprint density at radius 3 is 2.54 bits per heavy atom. The SMILES string of the molecule is Cc1cc(Oc2ccccc2)ccc1C1(N)C(=O)C(N)c2c(C(=O)N[C@@H]3C[C@H](F)CN(C)C3)sc3c(N)ccc1c23. The van der Waals surface area contributed by atoms with Crippen LogP contribution in [0, 0.1) is 6.92 Å². The number of aryl methyl sites for hydroxylation is 1. The van der Waals surface area contributed by atoms with E-state index in [0.29, 0.717) is 61.9 Å². The fourth-order valence-electron chi connectivity index (χ4n) is 6.20. The van der Waals surface area contributed by atoms with Crippen molar-refractivity contribution in [3.8, 4) is 11.5 Å². The summed E-state index contributed by atoms with van der Waals surface area (Å²) in [6.07, 6.45) is -0.805. The Morgan fingerprint density at radius 2 is 1.83 bits per heavy atom. The minimum atomic E-state index is -1.57. The third kappa shape index (κ3) is 4.57. The van der Waals surface area contributed by atoms with E-state index in [1.807, 2.05) is 55.3 Å². The number of nitrogens with one attached hydrogen (secondary N) is 1. The van der Waals surface area contributed by atoms with Crippen molar-refractivity contribution >= 4 is 38.8 Å². The predicted octanol–water partition coefficient (Wildman–Crippen LogP) is 4.14. The van der Waals surface area contributed by atoms with E-state index in [9.17, 15) is 14.0 Å². The number of Topliss-reactive ketones (excluding diaryl/α,β-unsaturated/α-hetero) is 1. The van der Waals surface area contributed by atoms with Crippen molar-refractivity contribution in [3.63, 3.8) is 0 Å². The molecule has 6 rings (SSSR count). The number of para-hydroxylation sites is 1. The van der Waals surface area contributed by atoms with Crippen LogP contribution in [0.5, 0.6) is 11.5 Å². The van der Waals surface area contributed by atoms with Gasteiger partial charge in [0.05, 0.1) is 15.6 Å². The second-order valence-corrected chi connectivity index (χ2v) is 12.0. The number of anilines is 1. The smallest absolute Gasteiger partial charge is 0.262 e. The fourth-order valence-corrected chi connectivity index (χ4v) is 7.40. The predicted molar refractivity (Wildman–Crippen MR) is 159 cm³/mol. The first kappa shape index (κ1) is 27.3. The van der Waals surface area contributed by atoms with Gasteiger partial charge in [0.15, 0.2) is 5.78 Å². The van der Waals surface area contributed by atoms with Crippen LogP contribution < -0.4 is 27.3 Å². The number of ether oxygens (including phenoxy) is 1. The molecule has 0 radical (unpaired) electrons. The summed E-state index contributed by atoms with van der Waals surface area (Å²) in [5, 5.41) is 3.58. The molecule has 212 valence electrons. The van der Waals surface area contributed by atoms with Gasteiger partial charge in [0.2, 0.25) is 0 Å². The maximum atomic E-state index is 14.2. The summed E-state index contributed by atoms with van der Waals surface area (Å²) in [5.41, 5.74) is 21.2. The van der Waals surface area contributed by atoms with Crippen LogP contribution in [-0.2, 0) is 10.3 Å². The van der Waals surface area contributed by atoms with Crippen LogP contribution in [0.15, 0.2) is 60.7 Å². The van der Waals surface area contributed by atoms with Crippen molar-refractivity contribution in [1.29, 1.82) is 0 Å². The standard InChI is InChI=1S/C31H32FN5O3S/c1-16-12-20(40-19-6-4-3-5-7-19)8-9-21(16)31(35)22-10-11-23(33)27-24(22)25(26(34)29(31)38)28(41-27)30(39)36-18-13-17(32)14-37(2)15-18/h3-12,17-18,26H,13-15,33-35H2,1-2H3,(H,36,39)/t17-,18+,26?,31?/m0/s1. The van der Waals surface area contributed by atoms with Crippen LogP contribution in [0.25, 0.3) is 10.1 Å². The Kier molecular flexibility index (Phi) is 6.82. The van der Waals surface area contributed by atoms with Crippen LogP contribution in [0.2, 0.25) is 0 Å². The van der Waals surface area contributed by atoms with E-state index in [1.165, 1.54) is 11.3 Å². The van der Waals surface area contributed by atoms with Gasteiger partial charge in [-0.05, 0) is 61.0 Å². The van der Waals surface area contributed by atoms with Gasteiger partial charge < -0.3 is 32.2 Å². The van der Waals surface area contributed by atoms with E-state index in [2.05, 4.69) is 5.32 Å². The van der Waals surface area contributed by atoms with Crippen molar-refractivity contribution in [1.82, 2.24) is 10.2 Å². The average molecular weight is 574 g/mol. The molecule has 4 atom stereocenters. The summed E-state index contributed by atoms with van der Waals surface area (Å²) >= 11 is 1.18. The largest absolute Gasteiger partial charge is 0.457 e. The minimum absolute atomic E-state index is 0.226. The molecule has 41 heavy (non-hydrogen) atoms. The Bertz CT molecular complexity index is 1670. The number of hydrogen-bond donors (Lipinski definition) is 4. The molecule has 1 aromatic heterocycles. The Labute approximate surface area is 241 Å². The number of alkyl halides is 1. The van der Waals surface area contributed by atoms with Gasteiger partial charge in [-0.15, -0.1) is 11.3 Å². The van der Waals surface area contributed by atoms with E-state index >= 15 is 0 Å². The first-order valence-electron chi connectivity index (χ1n) is 13.5. The summed E-state index contributed by atoms with van der Waals surface area (Å²) in [6.45, 7) is 2.73. The lowest BCUT2D eigenvalue weighted by Gasteiger charge is -2.37. The van der Waals surface area contributed by atoms with E-state index < -0.39 is 29.4 Å². The zero-order valence-electron chi connectivity index (χ0n) is 22.8. The molecule has 0 spiro atoms. The maximum absolute atomic E-state index is 14.2. The summed E-state index contributed by atoms with van der Waals surface area (Å²) in [4.78, 5) is 29.8. The molecular weight excluding hydrogens is 541 g/mol. The van der Waals surface area contributed by atoms with Gasteiger partial charge in [-0.2, -0.15) is 0 Å². The molecule has 2 unspecified atom stereocenters. The first-order chi connectivity index (χ1) is 19.6. The number of hydrogen-bond acceptors (Lipinski definition) is 8. The highest BCUT2D eigenvalue weighted by atomic mass is 32.1. The highest BCUT2D eigenvalue weighted by molar-refractivity contribution is 7.21. The summed E-state index contributed by atoms with van der Waals surface area (Å²) in [5.74, 6) is 0.471. The number of likely N-dealkylation sites (tertiary alicyclic amines) is 1. The number of benzene rings is 3. The molecule has 10 heteroatoms. The number of nitrogens with two attached hydrogens (primary N) is 3.